The van der Waals surface area contributed by atoms with Crippen molar-refractivity contribution in [3.8, 4) is 11.3 Å². The zero-order chi connectivity index (χ0) is 16.6. The van der Waals surface area contributed by atoms with E-state index in [-0.39, 0.29) is 18.9 Å². The number of hydrogen-bond donors (Lipinski definition) is 0. The maximum atomic E-state index is 12.8. The van der Waals surface area contributed by atoms with Crippen molar-refractivity contribution in [1.29, 1.82) is 0 Å². The minimum Gasteiger partial charge on any atom is -0.297 e. The van der Waals surface area contributed by atoms with Crippen molar-refractivity contribution in [2.75, 3.05) is 17.2 Å². The first kappa shape index (κ1) is 15.6. The van der Waals surface area contributed by atoms with Gasteiger partial charge in [0.05, 0.1) is 11.4 Å². The van der Waals surface area contributed by atoms with Crippen LogP contribution >= 0.6 is 0 Å². The number of nitrogens with zero attached hydrogens (tertiary/aromatic N) is 4. The summed E-state index contributed by atoms with van der Waals surface area (Å²) in [5.41, 5.74) is 1.47. The van der Waals surface area contributed by atoms with Crippen LogP contribution in [0.15, 0.2) is 30.6 Å². The third kappa shape index (κ3) is 3.39. The van der Waals surface area contributed by atoms with E-state index in [0.717, 1.165) is 5.56 Å². The molecule has 0 bridgehead atoms. The van der Waals surface area contributed by atoms with Crippen molar-refractivity contribution < 1.29 is 17.1 Å². The van der Waals surface area contributed by atoms with E-state index in [4.69, 9.17) is 0 Å². The van der Waals surface area contributed by atoms with Gasteiger partial charge in [0.2, 0.25) is 5.91 Å². The molecule has 1 unspecified atom stereocenters. The lowest BCUT2D eigenvalue weighted by molar-refractivity contribution is -0.117. The Morgan fingerprint density at radius 2 is 2.22 bits per heavy atom. The van der Waals surface area contributed by atoms with Crippen LogP contribution in [0.1, 0.15) is 6.42 Å². The van der Waals surface area contributed by atoms with Gasteiger partial charge in [-0.1, -0.05) is 0 Å². The van der Waals surface area contributed by atoms with Gasteiger partial charge in [-0.3, -0.25) is 19.4 Å². The lowest BCUT2D eigenvalue weighted by atomic mass is 10.1. The summed E-state index contributed by atoms with van der Waals surface area (Å²) < 4.78 is 35.9. The highest BCUT2D eigenvalue weighted by molar-refractivity contribution is 7.86. The number of rotatable bonds is 4. The van der Waals surface area contributed by atoms with Crippen LogP contribution < -0.4 is 4.90 Å². The van der Waals surface area contributed by atoms with Crippen molar-refractivity contribution >= 4 is 21.9 Å². The Kier molecular flexibility index (Phi) is 3.88. The number of aromatic nitrogens is 3. The first-order valence-electron chi connectivity index (χ1n) is 7.00. The summed E-state index contributed by atoms with van der Waals surface area (Å²) in [5.74, 6) is -0.871. The molecule has 1 fully saturated rings. The Balaban J connectivity index is 1.85. The SMILES string of the molecule is Cn1nc(-c2cccnc2)cc1N1CC(CS(=O)(=O)F)CC1=O. The van der Waals surface area contributed by atoms with Crippen molar-refractivity contribution in [2.24, 2.45) is 13.0 Å². The van der Waals surface area contributed by atoms with E-state index in [1.54, 1.807) is 36.3 Å². The fourth-order valence-corrected chi connectivity index (χ4v) is 3.55. The molecule has 9 heteroatoms. The van der Waals surface area contributed by atoms with Gasteiger partial charge < -0.3 is 0 Å². The standard InChI is InChI=1S/C14H15FN4O3S/c1-18-13(6-12(17-18)11-3-2-4-16-7-11)19-8-10(5-14(19)20)9-23(15,21)22/h2-4,6-7,10H,5,8-9H2,1H3. The van der Waals surface area contributed by atoms with E-state index in [2.05, 4.69) is 10.1 Å². The van der Waals surface area contributed by atoms with E-state index < -0.39 is 21.9 Å². The van der Waals surface area contributed by atoms with Crippen molar-refractivity contribution in [3.63, 3.8) is 0 Å². The highest BCUT2D eigenvalue weighted by Gasteiger charge is 2.35. The molecule has 122 valence electrons. The maximum Gasteiger partial charge on any atom is 0.302 e. The molecule has 2 aromatic heterocycles. The minimum absolute atomic E-state index is 0.0105. The summed E-state index contributed by atoms with van der Waals surface area (Å²) in [6.45, 7) is 0.161. The molecular formula is C14H15FN4O3S. The molecule has 1 atom stereocenters. The second kappa shape index (κ2) is 5.73. The van der Waals surface area contributed by atoms with Crippen molar-refractivity contribution in [3.05, 3.63) is 30.6 Å². The fourth-order valence-electron chi connectivity index (χ4n) is 2.76. The van der Waals surface area contributed by atoms with Crippen LogP contribution in [0, 0.1) is 5.92 Å². The molecule has 7 nitrogen and oxygen atoms in total. The summed E-state index contributed by atoms with van der Waals surface area (Å²) in [6, 6.07) is 5.37. The molecule has 0 N–H and O–H groups in total. The number of carbonyl (C=O) groups excluding carboxylic acids is 1. The average Bonchev–Trinajstić information content (AvgIpc) is 3.01. The van der Waals surface area contributed by atoms with Crippen LogP contribution in [0.5, 0.6) is 0 Å². The number of hydrogen-bond acceptors (Lipinski definition) is 5. The highest BCUT2D eigenvalue weighted by Crippen LogP contribution is 2.29. The van der Waals surface area contributed by atoms with Gasteiger partial charge in [-0.15, -0.1) is 3.89 Å². The maximum absolute atomic E-state index is 12.8. The predicted octanol–water partition coefficient (Wildman–Crippen LogP) is 1.13. The normalized spacial score (nSPS) is 18.6. The molecule has 23 heavy (non-hydrogen) atoms. The van der Waals surface area contributed by atoms with Gasteiger partial charge in [0.25, 0.3) is 0 Å². The van der Waals surface area contributed by atoms with Crippen LogP contribution in [0.3, 0.4) is 0 Å². The fraction of sp³-hybridized carbons (Fsp3) is 0.357. The topological polar surface area (TPSA) is 85.2 Å². The van der Waals surface area contributed by atoms with E-state index in [0.29, 0.717) is 11.5 Å². The smallest absolute Gasteiger partial charge is 0.297 e. The molecule has 3 heterocycles. The van der Waals surface area contributed by atoms with Gasteiger partial charge in [-0.2, -0.15) is 13.5 Å². The van der Waals surface area contributed by atoms with Crippen molar-refractivity contribution in [2.45, 2.75) is 6.42 Å². The summed E-state index contributed by atoms with van der Waals surface area (Å²) in [4.78, 5) is 17.6. The molecule has 0 aliphatic carbocycles. The molecule has 2 aromatic rings. The van der Waals surface area contributed by atoms with Gasteiger partial charge in [-0.25, -0.2) is 0 Å². The third-order valence-electron chi connectivity index (χ3n) is 3.73. The summed E-state index contributed by atoms with van der Waals surface area (Å²) >= 11 is 0. The second-order valence-electron chi connectivity index (χ2n) is 5.53. The van der Waals surface area contributed by atoms with E-state index >= 15 is 0 Å². The number of carbonyl (C=O) groups is 1. The van der Waals surface area contributed by atoms with Crippen LogP contribution in [-0.2, 0) is 22.1 Å². The molecule has 1 aliphatic heterocycles. The first-order valence-corrected chi connectivity index (χ1v) is 8.56. The molecule has 3 rings (SSSR count). The van der Waals surface area contributed by atoms with Gasteiger partial charge in [0.15, 0.2) is 0 Å². The van der Waals surface area contributed by atoms with E-state index in [1.165, 1.54) is 4.90 Å². The summed E-state index contributed by atoms with van der Waals surface area (Å²) in [6.07, 6.45) is 3.33. The van der Waals surface area contributed by atoms with Crippen LogP contribution in [0.25, 0.3) is 11.3 Å². The van der Waals surface area contributed by atoms with Crippen LogP contribution in [0.2, 0.25) is 0 Å². The Morgan fingerprint density at radius 1 is 1.43 bits per heavy atom. The zero-order valence-corrected chi connectivity index (χ0v) is 13.2. The Morgan fingerprint density at radius 3 is 2.87 bits per heavy atom. The average molecular weight is 338 g/mol. The van der Waals surface area contributed by atoms with Crippen LogP contribution in [0.4, 0.5) is 9.70 Å². The number of anilines is 1. The third-order valence-corrected chi connectivity index (χ3v) is 4.60. The second-order valence-corrected chi connectivity index (χ2v) is 6.94. The van der Waals surface area contributed by atoms with Crippen LogP contribution in [-0.4, -0.2) is 41.4 Å². The van der Waals surface area contributed by atoms with Crippen molar-refractivity contribution in [1.82, 2.24) is 14.8 Å². The number of pyridine rings is 1. The molecule has 1 amide bonds. The molecule has 0 spiro atoms. The molecule has 1 aliphatic rings. The summed E-state index contributed by atoms with van der Waals surface area (Å²) in [7, 11) is -2.90. The number of halogens is 1. The van der Waals surface area contributed by atoms with Gasteiger partial charge in [0, 0.05) is 50.0 Å². The molecular weight excluding hydrogens is 323 g/mol. The minimum atomic E-state index is -4.59. The Hall–Kier alpha value is -2.29. The lowest BCUT2D eigenvalue weighted by Gasteiger charge is -2.15. The number of aryl methyl sites for hydroxylation is 1. The number of amides is 1. The van der Waals surface area contributed by atoms with E-state index in [1.807, 2.05) is 6.07 Å². The molecule has 1 saturated heterocycles. The Bertz CT molecular complexity index is 835. The molecule has 0 saturated carbocycles. The summed E-state index contributed by atoms with van der Waals surface area (Å²) in [5, 5.41) is 4.35. The largest absolute Gasteiger partial charge is 0.302 e. The quantitative estimate of drug-likeness (QED) is 0.780. The molecule has 0 aromatic carbocycles. The lowest BCUT2D eigenvalue weighted by Crippen LogP contribution is -2.27. The predicted molar refractivity (Wildman–Crippen MR) is 81.8 cm³/mol. The zero-order valence-electron chi connectivity index (χ0n) is 12.4. The van der Waals surface area contributed by atoms with Gasteiger partial charge in [-0.05, 0) is 12.1 Å². The monoisotopic (exact) mass is 338 g/mol. The highest BCUT2D eigenvalue weighted by atomic mass is 32.3. The van der Waals surface area contributed by atoms with E-state index in [9.17, 15) is 17.1 Å². The Labute approximate surface area is 133 Å². The molecule has 0 radical (unpaired) electrons. The first-order chi connectivity index (χ1) is 10.8. The van der Waals surface area contributed by atoms with Gasteiger partial charge in [0.1, 0.15) is 5.82 Å². The van der Waals surface area contributed by atoms with Gasteiger partial charge >= 0.3 is 10.2 Å².